The van der Waals surface area contributed by atoms with E-state index in [-0.39, 0.29) is 0 Å². The minimum atomic E-state index is -0.886. The first-order valence-corrected chi connectivity index (χ1v) is 3.77. The van der Waals surface area contributed by atoms with Gasteiger partial charge in [-0.25, -0.2) is 0 Å². The molecule has 0 unspecified atom stereocenters. The first kappa shape index (κ1) is 9.74. The minimum Gasteiger partial charge on any atom is -0.378 e. The molecule has 10 heavy (non-hydrogen) atoms. The number of hydrogen-bond acceptors (Lipinski definition) is 1. The van der Waals surface area contributed by atoms with Gasteiger partial charge in [0.2, 0.25) is 0 Å². The van der Waals surface area contributed by atoms with E-state index in [0.29, 0.717) is 6.42 Å². The molecule has 0 fully saturated rings. The average Bonchev–Trinajstić information content (AvgIpc) is 1.59. The van der Waals surface area contributed by atoms with Crippen LogP contribution in [0.4, 0.5) is 0 Å². The van der Waals surface area contributed by atoms with Crippen LogP contribution in [0.15, 0.2) is 11.1 Å². The maximum Gasteiger partial charge on any atom is 0.119 e. The quantitative estimate of drug-likeness (QED) is 0.646. The highest BCUT2D eigenvalue weighted by molar-refractivity contribution is 9.11. The topological polar surface area (TPSA) is 20.2 Å². The van der Waals surface area contributed by atoms with Crippen molar-refractivity contribution in [3.63, 3.8) is 0 Å². The number of rotatable bonds is 1. The first-order chi connectivity index (χ1) is 4.42. The van der Waals surface area contributed by atoms with Crippen LogP contribution in [-0.4, -0.2) is 10.7 Å². The van der Waals surface area contributed by atoms with Crippen molar-refractivity contribution in [3.8, 4) is 11.8 Å². The maximum atomic E-state index is 9.11. The summed E-state index contributed by atoms with van der Waals surface area (Å²) in [7, 11) is 0. The van der Waals surface area contributed by atoms with Gasteiger partial charge in [-0.3, -0.25) is 0 Å². The minimum absolute atomic E-state index is 0.587. The lowest BCUT2D eigenvalue weighted by Crippen LogP contribution is -2.14. The van der Waals surface area contributed by atoms with Crippen molar-refractivity contribution >= 4 is 15.9 Å². The third-order valence-electron chi connectivity index (χ3n) is 0.674. The molecule has 0 heterocycles. The van der Waals surface area contributed by atoms with Crippen LogP contribution in [0.1, 0.15) is 20.3 Å². The lowest BCUT2D eigenvalue weighted by Gasteiger charge is -2.05. The molecule has 0 aromatic heterocycles. The second kappa shape index (κ2) is 3.80. The Morgan fingerprint density at radius 3 is 2.50 bits per heavy atom. The smallest absolute Gasteiger partial charge is 0.119 e. The summed E-state index contributed by atoms with van der Waals surface area (Å²) in [6.07, 6.45) is 0.587. The Labute approximate surface area is 70.3 Å². The molecule has 0 aliphatic heterocycles. The fraction of sp³-hybridized carbons (Fsp3) is 0.500. The number of hydrogen-bond donors (Lipinski definition) is 1. The average molecular weight is 203 g/mol. The van der Waals surface area contributed by atoms with Gasteiger partial charge < -0.3 is 5.11 Å². The second-order valence-electron chi connectivity index (χ2n) is 2.55. The Hall–Kier alpha value is -0.260. The fourth-order valence-corrected chi connectivity index (χ4v) is 0.497. The molecule has 2 heteroatoms. The van der Waals surface area contributed by atoms with Crippen molar-refractivity contribution in [3.05, 3.63) is 11.1 Å². The van der Waals surface area contributed by atoms with Crippen LogP contribution in [0, 0.1) is 11.8 Å². The number of aliphatic hydroxyl groups is 1. The van der Waals surface area contributed by atoms with Crippen LogP contribution in [-0.2, 0) is 0 Å². The van der Waals surface area contributed by atoms with Crippen LogP contribution >= 0.6 is 15.9 Å². The Kier molecular flexibility index (Phi) is 3.70. The Morgan fingerprint density at radius 1 is 1.70 bits per heavy atom. The molecule has 0 radical (unpaired) electrons. The summed E-state index contributed by atoms with van der Waals surface area (Å²) in [5.41, 5.74) is -0.886. The van der Waals surface area contributed by atoms with Crippen LogP contribution in [0.2, 0.25) is 0 Å². The van der Waals surface area contributed by atoms with Gasteiger partial charge in [0.15, 0.2) is 0 Å². The van der Waals surface area contributed by atoms with Crippen LogP contribution in [0.5, 0.6) is 0 Å². The van der Waals surface area contributed by atoms with Crippen molar-refractivity contribution in [1.82, 2.24) is 0 Å². The second-order valence-corrected chi connectivity index (χ2v) is 3.68. The molecule has 1 nitrogen and oxygen atoms in total. The van der Waals surface area contributed by atoms with Gasteiger partial charge in [0.05, 0.1) is 0 Å². The Balaban J connectivity index is 3.82. The van der Waals surface area contributed by atoms with E-state index >= 15 is 0 Å². The van der Waals surface area contributed by atoms with Gasteiger partial charge in [-0.2, -0.15) is 0 Å². The molecule has 0 aliphatic rings. The van der Waals surface area contributed by atoms with E-state index in [9.17, 15) is 0 Å². The highest BCUT2D eigenvalue weighted by Gasteiger charge is 2.04. The van der Waals surface area contributed by atoms with Crippen molar-refractivity contribution in [2.24, 2.45) is 0 Å². The SMILES string of the molecule is C=C(Br)CC#CC(C)(C)O. The molecule has 0 saturated carbocycles. The monoisotopic (exact) mass is 202 g/mol. The van der Waals surface area contributed by atoms with E-state index in [4.69, 9.17) is 5.11 Å². The molecule has 0 aromatic carbocycles. The molecular formula is C8H11BrO. The maximum absolute atomic E-state index is 9.11. The Bertz CT molecular complexity index is 178. The molecule has 0 aliphatic carbocycles. The van der Waals surface area contributed by atoms with E-state index in [2.05, 4.69) is 34.3 Å². The highest BCUT2D eigenvalue weighted by atomic mass is 79.9. The summed E-state index contributed by atoms with van der Waals surface area (Å²) >= 11 is 3.16. The van der Waals surface area contributed by atoms with Crippen molar-refractivity contribution in [1.29, 1.82) is 0 Å². The Morgan fingerprint density at radius 2 is 2.20 bits per heavy atom. The standard InChI is InChI=1S/C8H11BrO/c1-7(9)5-4-6-8(2,3)10/h10H,1,5H2,2-3H3. The third kappa shape index (κ3) is 7.74. The van der Waals surface area contributed by atoms with Gasteiger partial charge in [0.25, 0.3) is 0 Å². The van der Waals surface area contributed by atoms with Gasteiger partial charge in [0.1, 0.15) is 5.60 Å². The first-order valence-electron chi connectivity index (χ1n) is 2.97. The van der Waals surface area contributed by atoms with Gasteiger partial charge in [-0.1, -0.05) is 34.3 Å². The van der Waals surface area contributed by atoms with Gasteiger partial charge in [-0.15, -0.1) is 0 Å². The van der Waals surface area contributed by atoms with Gasteiger partial charge in [-0.05, 0) is 18.3 Å². The van der Waals surface area contributed by atoms with Crippen molar-refractivity contribution in [2.45, 2.75) is 25.9 Å². The highest BCUT2D eigenvalue weighted by Crippen LogP contribution is 2.05. The predicted molar refractivity (Wildman–Crippen MR) is 46.8 cm³/mol. The summed E-state index contributed by atoms with van der Waals surface area (Å²) in [4.78, 5) is 0. The summed E-state index contributed by atoms with van der Waals surface area (Å²) in [5.74, 6) is 5.45. The normalized spacial score (nSPS) is 10.0. The van der Waals surface area contributed by atoms with Crippen molar-refractivity contribution in [2.75, 3.05) is 0 Å². The largest absolute Gasteiger partial charge is 0.378 e. The molecule has 0 amide bonds. The zero-order valence-electron chi connectivity index (χ0n) is 6.24. The van der Waals surface area contributed by atoms with Gasteiger partial charge in [0, 0.05) is 6.42 Å². The molecule has 1 N–H and O–H groups in total. The molecule has 0 rings (SSSR count). The predicted octanol–water partition coefficient (Wildman–Crippen LogP) is 2.06. The van der Waals surface area contributed by atoms with E-state index < -0.39 is 5.60 Å². The summed E-state index contributed by atoms with van der Waals surface area (Å²) in [5, 5.41) is 9.11. The molecule has 0 aromatic rings. The zero-order valence-corrected chi connectivity index (χ0v) is 7.83. The number of halogens is 1. The van der Waals surface area contributed by atoms with Crippen molar-refractivity contribution < 1.29 is 5.11 Å². The fourth-order valence-electron chi connectivity index (χ4n) is 0.356. The lowest BCUT2D eigenvalue weighted by atomic mass is 10.1. The van der Waals surface area contributed by atoms with Gasteiger partial charge >= 0.3 is 0 Å². The van der Waals surface area contributed by atoms with Crippen LogP contribution in [0.25, 0.3) is 0 Å². The molecule has 0 atom stereocenters. The summed E-state index contributed by atoms with van der Waals surface area (Å²) in [6, 6.07) is 0. The van der Waals surface area contributed by atoms with E-state index in [1.807, 2.05) is 0 Å². The summed E-state index contributed by atoms with van der Waals surface area (Å²) in [6.45, 7) is 6.91. The van der Waals surface area contributed by atoms with Crippen LogP contribution < -0.4 is 0 Å². The van der Waals surface area contributed by atoms with E-state index in [1.165, 1.54) is 0 Å². The van der Waals surface area contributed by atoms with Crippen LogP contribution in [0.3, 0.4) is 0 Å². The van der Waals surface area contributed by atoms with E-state index in [1.54, 1.807) is 13.8 Å². The zero-order chi connectivity index (χ0) is 8.20. The molecular weight excluding hydrogens is 192 g/mol. The molecule has 56 valence electrons. The summed E-state index contributed by atoms with van der Waals surface area (Å²) < 4.78 is 0.837. The molecule has 0 spiro atoms. The van der Waals surface area contributed by atoms with E-state index in [0.717, 1.165) is 4.48 Å². The lowest BCUT2D eigenvalue weighted by molar-refractivity contribution is 0.143. The molecule has 0 saturated heterocycles. The molecule has 0 bridgehead atoms. The third-order valence-corrected chi connectivity index (χ3v) is 0.955. The number of allylic oxidation sites excluding steroid dienone is 1.